The summed E-state index contributed by atoms with van der Waals surface area (Å²) >= 11 is 0. The lowest BCUT2D eigenvalue weighted by Crippen LogP contribution is -2.51. The molecule has 2 aromatic rings. The van der Waals surface area contributed by atoms with Gasteiger partial charge >= 0.3 is 6.09 Å². The number of benzene rings is 2. The summed E-state index contributed by atoms with van der Waals surface area (Å²) in [5, 5.41) is 2.65. The molecule has 2 aromatic carbocycles. The van der Waals surface area contributed by atoms with Crippen LogP contribution in [0, 0.1) is 6.92 Å². The maximum absolute atomic E-state index is 13.3. The van der Waals surface area contributed by atoms with E-state index in [9.17, 15) is 9.59 Å². The summed E-state index contributed by atoms with van der Waals surface area (Å²) < 4.78 is 11.1. The Morgan fingerprint density at radius 3 is 2.54 bits per heavy atom. The molecule has 1 N–H and O–H groups in total. The Bertz CT molecular complexity index is 856. The van der Waals surface area contributed by atoms with E-state index in [1.165, 1.54) is 0 Å². The first kappa shape index (κ1) is 19.7. The number of amides is 2. The Morgan fingerprint density at radius 1 is 1.18 bits per heavy atom. The third-order valence-corrected chi connectivity index (χ3v) is 4.28. The van der Waals surface area contributed by atoms with Crippen LogP contribution >= 0.6 is 0 Å². The molecule has 0 bridgehead atoms. The Hall–Kier alpha value is -3.02. The normalized spacial score (nSPS) is 16.6. The van der Waals surface area contributed by atoms with Gasteiger partial charge in [0.25, 0.3) is 5.91 Å². The van der Waals surface area contributed by atoms with Crippen molar-refractivity contribution in [1.82, 2.24) is 5.32 Å². The average molecular weight is 382 g/mol. The maximum Gasteiger partial charge on any atom is 0.408 e. The first-order valence-corrected chi connectivity index (χ1v) is 9.31. The van der Waals surface area contributed by atoms with Crippen LogP contribution in [-0.4, -0.2) is 30.3 Å². The number of hydrogen-bond donors (Lipinski definition) is 1. The summed E-state index contributed by atoms with van der Waals surface area (Å²) in [6.45, 7) is 7.77. The quantitative estimate of drug-likeness (QED) is 0.876. The van der Waals surface area contributed by atoms with Crippen molar-refractivity contribution in [2.24, 2.45) is 0 Å². The van der Waals surface area contributed by atoms with Crippen LogP contribution in [-0.2, 0) is 16.1 Å². The fraction of sp³-hybridized carbons (Fsp3) is 0.364. The Labute approximate surface area is 165 Å². The molecule has 0 fully saturated rings. The molecule has 28 heavy (non-hydrogen) atoms. The van der Waals surface area contributed by atoms with Gasteiger partial charge < -0.3 is 19.7 Å². The minimum atomic E-state index is -0.840. The number of alkyl carbamates (subject to hydrolysis) is 1. The predicted molar refractivity (Wildman–Crippen MR) is 107 cm³/mol. The highest BCUT2D eigenvalue weighted by atomic mass is 16.6. The number of ether oxygens (including phenoxy) is 2. The molecule has 0 spiro atoms. The zero-order valence-electron chi connectivity index (χ0n) is 16.7. The summed E-state index contributed by atoms with van der Waals surface area (Å²) in [5.41, 5.74) is 2.18. The fourth-order valence-electron chi connectivity index (χ4n) is 2.95. The molecule has 6 heteroatoms. The molecule has 6 nitrogen and oxygen atoms in total. The molecule has 0 aliphatic carbocycles. The second kappa shape index (κ2) is 7.92. The van der Waals surface area contributed by atoms with Crippen molar-refractivity contribution in [3.8, 4) is 5.75 Å². The van der Waals surface area contributed by atoms with Gasteiger partial charge in [-0.1, -0.05) is 42.0 Å². The van der Waals surface area contributed by atoms with Crippen LogP contribution in [0.1, 0.15) is 31.9 Å². The molecule has 0 saturated heterocycles. The van der Waals surface area contributed by atoms with E-state index in [-0.39, 0.29) is 12.5 Å². The third kappa shape index (κ3) is 4.82. The molecule has 1 aliphatic rings. The van der Waals surface area contributed by atoms with Crippen molar-refractivity contribution in [3.63, 3.8) is 0 Å². The first-order chi connectivity index (χ1) is 13.2. The second-order valence-electron chi connectivity index (χ2n) is 7.89. The number of hydrogen-bond acceptors (Lipinski definition) is 4. The van der Waals surface area contributed by atoms with Gasteiger partial charge in [-0.05, 0) is 45.4 Å². The van der Waals surface area contributed by atoms with Crippen LogP contribution in [0.3, 0.4) is 0 Å². The van der Waals surface area contributed by atoms with Gasteiger partial charge in [0.05, 0.1) is 12.2 Å². The molecule has 1 atom stereocenters. The summed E-state index contributed by atoms with van der Waals surface area (Å²) in [7, 11) is 0. The first-order valence-electron chi connectivity index (χ1n) is 9.31. The summed E-state index contributed by atoms with van der Waals surface area (Å²) in [5.74, 6) is 0.368. The Morgan fingerprint density at radius 2 is 1.86 bits per heavy atom. The van der Waals surface area contributed by atoms with Gasteiger partial charge in [0.15, 0.2) is 0 Å². The fourth-order valence-corrected chi connectivity index (χ4v) is 2.95. The van der Waals surface area contributed by atoms with Crippen molar-refractivity contribution in [2.45, 2.75) is 45.9 Å². The lowest BCUT2D eigenvalue weighted by Gasteiger charge is -2.26. The maximum atomic E-state index is 13.3. The van der Waals surface area contributed by atoms with Gasteiger partial charge in [-0.25, -0.2) is 4.79 Å². The number of anilines is 1. The van der Waals surface area contributed by atoms with Gasteiger partial charge in [0.1, 0.15) is 24.0 Å². The average Bonchev–Trinajstić information content (AvgIpc) is 2.74. The number of fused-ring (bicyclic) bond motifs is 1. The van der Waals surface area contributed by atoms with Crippen LogP contribution < -0.4 is 15.0 Å². The highest BCUT2D eigenvalue weighted by Crippen LogP contribution is 2.32. The number of nitrogens with one attached hydrogen (secondary N) is 1. The number of aryl methyl sites for hydroxylation is 1. The molecule has 0 radical (unpaired) electrons. The van der Waals surface area contributed by atoms with Gasteiger partial charge in [0.2, 0.25) is 0 Å². The Balaban J connectivity index is 1.86. The van der Waals surface area contributed by atoms with E-state index in [0.717, 1.165) is 11.1 Å². The minimum absolute atomic E-state index is 0.0412. The van der Waals surface area contributed by atoms with Gasteiger partial charge in [0, 0.05) is 0 Å². The molecule has 1 heterocycles. The van der Waals surface area contributed by atoms with Gasteiger partial charge in [-0.15, -0.1) is 0 Å². The van der Waals surface area contributed by atoms with E-state index in [0.29, 0.717) is 18.0 Å². The number of carbonyl (C=O) groups is 2. The molecular weight excluding hydrogens is 356 g/mol. The van der Waals surface area contributed by atoms with Gasteiger partial charge in [-0.2, -0.15) is 0 Å². The van der Waals surface area contributed by atoms with E-state index < -0.39 is 17.7 Å². The number of nitrogens with zero attached hydrogens (tertiary/aromatic N) is 1. The molecule has 1 aliphatic heterocycles. The molecule has 148 valence electrons. The molecule has 0 aromatic heterocycles. The number of para-hydroxylation sites is 2. The molecule has 2 amide bonds. The smallest absolute Gasteiger partial charge is 0.408 e. The van der Waals surface area contributed by atoms with E-state index >= 15 is 0 Å². The lowest BCUT2D eigenvalue weighted by molar-refractivity contribution is -0.121. The summed E-state index contributed by atoms with van der Waals surface area (Å²) in [4.78, 5) is 27.1. The van der Waals surface area contributed by atoms with Crippen LogP contribution in [0.5, 0.6) is 5.75 Å². The minimum Gasteiger partial charge on any atom is -0.489 e. The lowest BCUT2D eigenvalue weighted by atomic mass is 10.1. The molecular formula is C22H26N2O4. The van der Waals surface area contributed by atoms with E-state index in [4.69, 9.17) is 9.47 Å². The predicted octanol–water partition coefficient (Wildman–Crippen LogP) is 3.81. The zero-order chi connectivity index (χ0) is 20.3. The summed E-state index contributed by atoms with van der Waals surface area (Å²) in [6, 6.07) is 14.5. The number of rotatable bonds is 3. The van der Waals surface area contributed by atoms with Crippen LogP contribution in [0.25, 0.3) is 0 Å². The van der Waals surface area contributed by atoms with Crippen LogP contribution in [0.4, 0.5) is 10.5 Å². The standard InChI is InChI=1S/C22H26N2O4/c1-15-9-11-16(12-10-15)13-24-18-7-5-6-8-19(18)27-14-17(20(24)25)23-21(26)28-22(2,3)4/h5-12,17H,13-14H2,1-4H3,(H,23,26)/t17-/m1/s1. The topological polar surface area (TPSA) is 67.9 Å². The molecule has 0 unspecified atom stereocenters. The monoisotopic (exact) mass is 382 g/mol. The zero-order valence-corrected chi connectivity index (χ0v) is 16.7. The van der Waals surface area contributed by atoms with Crippen molar-refractivity contribution >= 4 is 17.7 Å². The largest absolute Gasteiger partial charge is 0.489 e. The molecule has 3 rings (SSSR count). The van der Waals surface area contributed by atoms with Crippen LogP contribution in [0.15, 0.2) is 48.5 Å². The van der Waals surface area contributed by atoms with Gasteiger partial charge in [-0.3, -0.25) is 4.79 Å². The third-order valence-electron chi connectivity index (χ3n) is 4.28. The van der Waals surface area contributed by atoms with Crippen molar-refractivity contribution < 1.29 is 19.1 Å². The van der Waals surface area contributed by atoms with Crippen molar-refractivity contribution in [2.75, 3.05) is 11.5 Å². The highest BCUT2D eigenvalue weighted by molar-refractivity contribution is 6.00. The summed E-state index contributed by atoms with van der Waals surface area (Å²) in [6.07, 6.45) is -0.643. The number of carbonyl (C=O) groups excluding carboxylic acids is 2. The van der Waals surface area contributed by atoms with Crippen molar-refractivity contribution in [1.29, 1.82) is 0 Å². The second-order valence-corrected chi connectivity index (χ2v) is 7.89. The van der Waals surface area contributed by atoms with E-state index in [1.807, 2.05) is 55.5 Å². The Kier molecular flexibility index (Phi) is 5.58. The highest BCUT2D eigenvalue weighted by Gasteiger charge is 2.33. The van der Waals surface area contributed by atoms with Crippen LogP contribution in [0.2, 0.25) is 0 Å². The van der Waals surface area contributed by atoms with E-state index in [1.54, 1.807) is 25.7 Å². The molecule has 0 saturated carbocycles. The SMILES string of the molecule is Cc1ccc(CN2C(=O)[C@H](NC(=O)OC(C)(C)C)COc3ccccc32)cc1. The van der Waals surface area contributed by atoms with E-state index in [2.05, 4.69) is 5.32 Å². The van der Waals surface area contributed by atoms with Crippen molar-refractivity contribution in [3.05, 3.63) is 59.7 Å².